The number of hydrogen-bond donors (Lipinski definition) is 1. The quantitative estimate of drug-likeness (QED) is 0.678. The summed E-state index contributed by atoms with van der Waals surface area (Å²) in [5.74, 6) is 0. The highest BCUT2D eigenvalue weighted by atomic mass is 16.1. The van der Waals surface area contributed by atoms with E-state index in [1.807, 2.05) is 60.1 Å². The molecule has 0 bridgehead atoms. The summed E-state index contributed by atoms with van der Waals surface area (Å²) in [4.78, 5) is 11.8. The molecule has 3 aromatic rings. The second-order valence-corrected chi connectivity index (χ2v) is 4.08. The van der Waals surface area contributed by atoms with Gasteiger partial charge in [-0.15, -0.1) is 0 Å². The average Bonchev–Trinajstić information content (AvgIpc) is 2.70. The number of nitrogens with one attached hydrogen (secondary N) is 1. The minimum atomic E-state index is -0.0486. The van der Waals surface area contributed by atoms with Crippen molar-refractivity contribution in [3.8, 4) is 5.69 Å². The van der Waals surface area contributed by atoms with Gasteiger partial charge in [-0.1, -0.05) is 30.3 Å². The summed E-state index contributed by atoms with van der Waals surface area (Å²) < 4.78 is 1.84. The predicted octanol–water partition coefficient (Wildman–Crippen LogP) is 2.63. The van der Waals surface area contributed by atoms with E-state index in [1.165, 1.54) is 0 Å². The summed E-state index contributed by atoms with van der Waals surface area (Å²) >= 11 is 0. The number of aryl methyl sites for hydroxylation is 1. The summed E-state index contributed by atoms with van der Waals surface area (Å²) in [5.41, 5.74) is 2.95. The van der Waals surface area contributed by atoms with Crippen LogP contribution in [0.25, 0.3) is 16.6 Å². The first kappa shape index (κ1) is 9.90. The molecule has 1 N–H and O–H groups in total. The lowest BCUT2D eigenvalue weighted by atomic mass is 10.1. The maximum absolute atomic E-state index is 11.8. The van der Waals surface area contributed by atoms with Crippen LogP contribution in [0, 0.1) is 6.92 Å². The van der Waals surface area contributed by atoms with Gasteiger partial charge in [-0.25, -0.2) is 0 Å². The van der Waals surface area contributed by atoms with Gasteiger partial charge in [0.1, 0.15) is 0 Å². The molecule has 0 fully saturated rings. The number of benzene rings is 2. The van der Waals surface area contributed by atoms with Gasteiger partial charge in [0.2, 0.25) is 0 Å². The van der Waals surface area contributed by atoms with E-state index in [-0.39, 0.29) is 5.56 Å². The Morgan fingerprint density at radius 1 is 1.00 bits per heavy atom. The van der Waals surface area contributed by atoms with Crippen LogP contribution in [0.4, 0.5) is 0 Å². The molecule has 0 atom stereocenters. The van der Waals surface area contributed by atoms with Gasteiger partial charge in [0.25, 0.3) is 5.56 Å². The molecule has 3 nitrogen and oxygen atoms in total. The summed E-state index contributed by atoms with van der Waals surface area (Å²) in [6, 6.07) is 15.6. The first-order valence-electron chi connectivity index (χ1n) is 5.53. The summed E-state index contributed by atoms with van der Waals surface area (Å²) in [6.45, 7) is 2.01. The normalized spacial score (nSPS) is 10.9. The van der Waals surface area contributed by atoms with Gasteiger partial charge in [0, 0.05) is 0 Å². The summed E-state index contributed by atoms with van der Waals surface area (Å²) in [7, 11) is 0. The van der Waals surface area contributed by atoms with Crippen LogP contribution in [0.3, 0.4) is 0 Å². The van der Waals surface area contributed by atoms with Gasteiger partial charge in [-0.2, -0.15) is 0 Å². The average molecular weight is 224 g/mol. The lowest BCUT2D eigenvalue weighted by molar-refractivity contribution is 0.888. The number of nitrogens with zero attached hydrogens (tertiary/aromatic N) is 1. The topological polar surface area (TPSA) is 37.8 Å². The van der Waals surface area contributed by atoms with Crippen molar-refractivity contribution < 1.29 is 0 Å². The molecule has 0 aliphatic heterocycles. The first-order valence-corrected chi connectivity index (χ1v) is 5.53. The fourth-order valence-electron chi connectivity index (χ4n) is 2.13. The molecule has 2 aromatic carbocycles. The van der Waals surface area contributed by atoms with Crippen molar-refractivity contribution in [3.05, 3.63) is 64.4 Å². The van der Waals surface area contributed by atoms with E-state index in [9.17, 15) is 4.79 Å². The lowest BCUT2D eigenvalue weighted by Gasteiger charge is -2.05. The van der Waals surface area contributed by atoms with Crippen LogP contribution in [0.15, 0.2) is 53.3 Å². The number of fused-ring (bicyclic) bond motifs is 1. The zero-order valence-corrected chi connectivity index (χ0v) is 9.47. The minimum absolute atomic E-state index is 0.0486. The van der Waals surface area contributed by atoms with Gasteiger partial charge >= 0.3 is 0 Å². The van der Waals surface area contributed by atoms with Crippen LogP contribution < -0.4 is 5.56 Å². The maximum Gasteiger partial charge on any atom is 0.272 e. The first-order chi connectivity index (χ1) is 8.27. The van der Waals surface area contributed by atoms with Crippen LogP contribution in [0.5, 0.6) is 0 Å². The Balaban J connectivity index is 2.43. The van der Waals surface area contributed by atoms with Crippen molar-refractivity contribution in [2.75, 3.05) is 0 Å². The molecular formula is C14H12N2O. The second kappa shape index (κ2) is 3.63. The molecule has 0 aliphatic rings. The molecule has 0 saturated heterocycles. The molecule has 3 rings (SSSR count). The molecule has 0 amide bonds. The summed E-state index contributed by atoms with van der Waals surface area (Å²) in [6.07, 6.45) is 0. The van der Waals surface area contributed by atoms with Crippen LogP contribution in [0.2, 0.25) is 0 Å². The second-order valence-electron chi connectivity index (χ2n) is 4.08. The molecule has 1 aromatic heterocycles. The molecule has 84 valence electrons. The van der Waals surface area contributed by atoms with E-state index in [0.717, 1.165) is 22.2 Å². The Morgan fingerprint density at radius 2 is 1.76 bits per heavy atom. The van der Waals surface area contributed by atoms with E-state index in [1.54, 1.807) is 0 Å². The van der Waals surface area contributed by atoms with Crippen molar-refractivity contribution in [2.45, 2.75) is 6.92 Å². The Morgan fingerprint density at radius 3 is 2.53 bits per heavy atom. The van der Waals surface area contributed by atoms with Gasteiger partial charge < -0.3 is 0 Å². The Bertz CT molecular complexity index is 723. The fourth-order valence-corrected chi connectivity index (χ4v) is 2.13. The largest absolute Gasteiger partial charge is 0.272 e. The third-order valence-electron chi connectivity index (χ3n) is 2.93. The van der Waals surface area contributed by atoms with Crippen LogP contribution in [-0.2, 0) is 0 Å². The van der Waals surface area contributed by atoms with Gasteiger partial charge in [-0.3, -0.25) is 14.6 Å². The predicted molar refractivity (Wildman–Crippen MR) is 68.6 cm³/mol. The van der Waals surface area contributed by atoms with Gasteiger partial charge in [0.15, 0.2) is 0 Å². The molecule has 3 heteroatoms. The van der Waals surface area contributed by atoms with Crippen molar-refractivity contribution in [3.63, 3.8) is 0 Å². The van der Waals surface area contributed by atoms with Crippen LogP contribution in [0.1, 0.15) is 5.56 Å². The molecule has 0 unspecified atom stereocenters. The van der Waals surface area contributed by atoms with Crippen molar-refractivity contribution in [1.29, 1.82) is 0 Å². The number of para-hydroxylation sites is 2. The molecular weight excluding hydrogens is 212 g/mol. The standard InChI is InChI=1S/C14H12N2O/c1-10-6-5-9-12-13(10)16(15-14(12)17)11-7-3-2-4-8-11/h2-9H,1H3,(H,15,17). The Hall–Kier alpha value is -2.29. The van der Waals surface area contributed by atoms with Crippen LogP contribution >= 0.6 is 0 Å². The molecule has 0 radical (unpaired) electrons. The van der Waals surface area contributed by atoms with E-state index < -0.39 is 0 Å². The number of hydrogen-bond acceptors (Lipinski definition) is 1. The fraction of sp³-hybridized carbons (Fsp3) is 0.0714. The highest BCUT2D eigenvalue weighted by molar-refractivity contribution is 5.83. The SMILES string of the molecule is Cc1cccc2c(=O)[nH]n(-c3ccccc3)c12. The molecule has 0 spiro atoms. The van der Waals surface area contributed by atoms with E-state index >= 15 is 0 Å². The van der Waals surface area contributed by atoms with Gasteiger partial charge in [-0.05, 0) is 30.7 Å². The third kappa shape index (κ3) is 1.47. The highest BCUT2D eigenvalue weighted by Gasteiger charge is 2.09. The van der Waals surface area contributed by atoms with Crippen molar-refractivity contribution in [1.82, 2.24) is 9.78 Å². The molecule has 1 heterocycles. The Kier molecular flexibility index (Phi) is 2.11. The molecule has 0 saturated carbocycles. The summed E-state index contributed by atoms with van der Waals surface area (Å²) in [5, 5.41) is 3.60. The Labute approximate surface area is 98.3 Å². The van der Waals surface area contributed by atoms with Crippen molar-refractivity contribution >= 4 is 10.9 Å². The zero-order chi connectivity index (χ0) is 11.8. The third-order valence-corrected chi connectivity index (χ3v) is 2.93. The van der Waals surface area contributed by atoms with E-state index in [0.29, 0.717) is 0 Å². The smallest absolute Gasteiger partial charge is 0.267 e. The minimum Gasteiger partial charge on any atom is -0.267 e. The monoisotopic (exact) mass is 224 g/mol. The number of rotatable bonds is 1. The van der Waals surface area contributed by atoms with Crippen molar-refractivity contribution in [2.24, 2.45) is 0 Å². The highest BCUT2D eigenvalue weighted by Crippen LogP contribution is 2.18. The van der Waals surface area contributed by atoms with E-state index in [2.05, 4.69) is 5.10 Å². The number of aromatic nitrogens is 2. The number of aromatic amines is 1. The lowest BCUT2D eigenvalue weighted by Crippen LogP contribution is -2.03. The van der Waals surface area contributed by atoms with Gasteiger partial charge in [0.05, 0.1) is 16.6 Å². The maximum atomic E-state index is 11.8. The van der Waals surface area contributed by atoms with E-state index in [4.69, 9.17) is 0 Å². The number of H-pyrrole nitrogens is 1. The van der Waals surface area contributed by atoms with Crippen LogP contribution in [-0.4, -0.2) is 9.78 Å². The molecule has 17 heavy (non-hydrogen) atoms. The molecule has 0 aliphatic carbocycles. The zero-order valence-electron chi connectivity index (χ0n) is 9.47.